The number of nitro groups is 2. The number of nitrogens with zero attached hydrogens (tertiary/aromatic N) is 2. The molecule has 0 fully saturated rings. The van der Waals surface area contributed by atoms with E-state index in [1.54, 1.807) is 7.11 Å². The van der Waals surface area contributed by atoms with Crippen molar-refractivity contribution < 1.29 is 14.6 Å². The van der Waals surface area contributed by atoms with E-state index in [1.807, 2.05) is 78.9 Å². The monoisotopic (exact) mass is 469 g/mol. The van der Waals surface area contributed by atoms with Crippen LogP contribution in [0.2, 0.25) is 0 Å². The molecule has 35 heavy (non-hydrogen) atoms. The second kappa shape index (κ2) is 9.64. The van der Waals surface area contributed by atoms with Crippen LogP contribution in [-0.2, 0) is 0 Å². The van der Waals surface area contributed by atoms with Gasteiger partial charge in [0.2, 0.25) is 0 Å². The Labute approximate surface area is 202 Å². The lowest BCUT2D eigenvalue weighted by Crippen LogP contribution is -2.44. The smallest absolute Gasteiger partial charge is 0.481 e. The third kappa shape index (κ3) is 4.54. The molecule has 0 aliphatic heterocycles. The number of methoxy groups -OCH3 is 1. The summed E-state index contributed by atoms with van der Waals surface area (Å²) in [7, 11) is 1.60. The Morgan fingerprint density at radius 1 is 0.914 bits per heavy atom. The van der Waals surface area contributed by atoms with Crippen molar-refractivity contribution in [2.45, 2.75) is 12.1 Å². The molecule has 0 unspecified atom stereocenters. The van der Waals surface area contributed by atoms with E-state index in [1.165, 1.54) is 12.2 Å². The molecule has 3 aromatic carbocycles. The lowest BCUT2D eigenvalue weighted by molar-refractivity contribution is -0.780. The Bertz CT molecular complexity index is 1350. The third-order valence-electron chi connectivity index (χ3n) is 6.03. The van der Waals surface area contributed by atoms with Gasteiger partial charge in [-0.3, -0.25) is 20.2 Å². The van der Waals surface area contributed by atoms with Crippen molar-refractivity contribution in [3.05, 3.63) is 122 Å². The minimum absolute atomic E-state index is 0.360. The fourth-order valence-corrected chi connectivity index (χ4v) is 3.99. The summed E-state index contributed by atoms with van der Waals surface area (Å²) in [5, 5.41) is 22.9. The molecule has 0 saturated carbocycles. The first-order chi connectivity index (χ1) is 16.9. The van der Waals surface area contributed by atoms with Gasteiger partial charge in [-0.25, -0.2) is 0 Å². The van der Waals surface area contributed by atoms with Gasteiger partial charge in [0.1, 0.15) is 22.0 Å². The fourth-order valence-electron chi connectivity index (χ4n) is 3.99. The number of benzene rings is 3. The van der Waals surface area contributed by atoms with Gasteiger partial charge in [0, 0.05) is 16.8 Å². The van der Waals surface area contributed by atoms with Gasteiger partial charge >= 0.3 is 5.66 Å². The molecule has 3 aromatic rings. The van der Waals surface area contributed by atoms with Crippen molar-refractivity contribution in [1.29, 1.82) is 0 Å². The Kier molecular flexibility index (Phi) is 6.46. The van der Waals surface area contributed by atoms with Crippen molar-refractivity contribution in [1.82, 2.24) is 0 Å². The van der Waals surface area contributed by atoms with E-state index in [0.29, 0.717) is 16.8 Å². The van der Waals surface area contributed by atoms with Crippen LogP contribution in [0.4, 0.5) is 5.69 Å². The summed E-state index contributed by atoms with van der Waals surface area (Å²) < 4.78 is 5.24. The van der Waals surface area contributed by atoms with Gasteiger partial charge in [0.05, 0.1) is 13.2 Å². The fraction of sp³-hybridized carbons (Fsp3) is 0.111. The SMILES string of the molecule is COc1ccc(-c2ccc(C3=CCC([N+](=O)[O-])([N+](=O)[O-])C=C3)c(C=Cc3ccccc3)c2N)cc1. The maximum absolute atomic E-state index is 11.4. The van der Waals surface area contributed by atoms with Gasteiger partial charge in [-0.15, -0.1) is 0 Å². The van der Waals surface area contributed by atoms with Crippen molar-refractivity contribution in [2.24, 2.45) is 0 Å². The number of hydrogen-bond acceptors (Lipinski definition) is 6. The second-order valence-corrected chi connectivity index (χ2v) is 8.05. The van der Waals surface area contributed by atoms with Crippen LogP contribution in [0.25, 0.3) is 28.9 Å². The molecular weight excluding hydrogens is 446 g/mol. The highest BCUT2D eigenvalue weighted by Gasteiger charge is 2.53. The van der Waals surface area contributed by atoms with E-state index in [2.05, 4.69) is 0 Å². The summed E-state index contributed by atoms with van der Waals surface area (Å²) in [5.41, 5.74) is 9.58. The predicted molar refractivity (Wildman–Crippen MR) is 137 cm³/mol. The molecule has 0 heterocycles. The van der Waals surface area contributed by atoms with Crippen LogP contribution in [0.1, 0.15) is 23.1 Å². The topological polar surface area (TPSA) is 122 Å². The molecule has 2 N–H and O–H groups in total. The highest BCUT2D eigenvalue weighted by atomic mass is 16.7. The normalized spacial score (nSPS) is 14.5. The number of allylic oxidation sites excluding steroid dienone is 2. The average Bonchev–Trinajstić information content (AvgIpc) is 2.88. The average molecular weight is 469 g/mol. The van der Waals surface area contributed by atoms with Gasteiger partial charge < -0.3 is 10.5 Å². The Morgan fingerprint density at radius 2 is 1.57 bits per heavy atom. The highest BCUT2D eigenvalue weighted by molar-refractivity contribution is 5.93. The number of ether oxygens (including phenoxy) is 1. The van der Waals surface area contributed by atoms with Gasteiger partial charge in [0.25, 0.3) is 0 Å². The lowest BCUT2D eigenvalue weighted by Gasteiger charge is -2.19. The number of anilines is 1. The van der Waals surface area contributed by atoms with E-state index in [9.17, 15) is 20.2 Å². The molecular formula is C27H23N3O5. The maximum atomic E-state index is 11.4. The van der Waals surface area contributed by atoms with Crippen molar-refractivity contribution in [3.8, 4) is 16.9 Å². The number of nitrogen functional groups attached to an aromatic ring is 1. The first kappa shape index (κ1) is 23.4. The first-order valence-electron chi connectivity index (χ1n) is 10.8. The molecule has 0 aromatic heterocycles. The highest BCUT2D eigenvalue weighted by Crippen LogP contribution is 2.38. The van der Waals surface area contributed by atoms with Crippen molar-refractivity contribution in [2.75, 3.05) is 12.8 Å². The molecule has 0 saturated heterocycles. The summed E-state index contributed by atoms with van der Waals surface area (Å²) in [6.45, 7) is 0. The molecule has 176 valence electrons. The zero-order valence-corrected chi connectivity index (χ0v) is 19.0. The predicted octanol–water partition coefficient (Wildman–Crippen LogP) is 5.71. The maximum Gasteiger partial charge on any atom is 0.481 e. The molecule has 0 bridgehead atoms. The molecule has 1 aliphatic rings. The van der Waals surface area contributed by atoms with E-state index >= 15 is 0 Å². The molecule has 4 rings (SSSR count). The summed E-state index contributed by atoms with van der Waals surface area (Å²) >= 11 is 0. The number of nitrogens with two attached hydrogens (primary N) is 1. The molecule has 8 heteroatoms. The van der Waals surface area contributed by atoms with Gasteiger partial charge in [-0.1, -0.05) is 72.8 Å². The summed E-state index contributed by atoms with van der Waals surface area (Å²) in [5.74, 6) is 0.728. The van der Waals surface area contributed by atoms with E-state index in [0.717, 1.165) is 34.1 Å². The first-order valence-corrected chi connectivity index (χ1v) is 10.8. The van der Waals surface area contributed by atoms with Gasteiger partial charge in [-0.05, 0) is 40.5 Å². The third-order valence-corrected chi connectivity index (χ3v) is 6.03. The van der Waals surface area contributed by atoms with E-state index < -0.39 is 15.5 Å². The van der Waals surface area contributed by atoms with Crippen LogP contribution in [0, 0.1) is 20.2 Å². The molecule has 0 amide bonds. The van der Waals surface area contributed by atoms with Crippen LogP contribution >= 0.6 is 0 Å². The van der Waals surface area contributed by atoms with E-state index in [-0.39, 0.29) is 6.42 Å². The van der Waals surface area contributed by atoms with Crippen LogP contribution < -0.4 is 10.5 Å². The summed E-state index contributed by atoms with van der Waals surface area (Å²) in [6.07, 6.45) is 7.45. The number of hydrogen-bond donors (Lipinski definition) is 1. The van der Waals surface area contributed by atoms with Crippen LogP contribution in [0.5, 0.6) is 5.75 Å². The second-order valence-electron chi connectivity index (χ2n) is 8.05. The lowest BCUT2D eigenvalue weighted by atomic mass is 9.88. The molecule has 0 radical (unpaired) electrons. The molecule has 8 nitrogen and oxygen atoms in total. The molecule has 0 atom stereocenters. The quantitative estimate of drug-likeness (QED) is 0.156. The van der Waals surface area contributed by atoms with Crippen molar-refractivity contribution in [3.63, 3.8) is 0 Å². The minimum Gasteiger partial charge on any atom is -0.497 e. The van der Waals surface area contributed by atoms with Crippen molar-refractivity contribution >= 4 is 23.4 Å². The van der Waals surface area contributed by atoms with Crippen LogP contribution in [-0.4, -0.2) is 22.6 Å². The summed E-state index contributed by atoms with van der Waals surface area (Å²) in [6, 6.07) is 21.0. The zero-order chi connectivity index (χ0) is 25.0. The molecule has 1 aliphatic carbocycles. The van der Waals surface area contributed by atoms with E-state index in [4.69, 9.17) is 10.5 Å². The Morgan fingerprint density at radius 3 is 2.14 bits per heavy atom. The largest absolute Gasteiger partial charge is 0.497 e. The zero-order valence-electron chi connectivity index (χ0n) is 19.0. The van der Waals surface area contributed by atoms with Gasteiger partial charge in [-0.2, -0.15) is 0 Å². The van der Waals surface area contributed by atoms with Crippen LogP contribution in [0.15, 0.2) is 85.0 Å². The number of rotatable bonds is 7. The minimum atomic E-state index is -2.36. The molecule has 0 spiro atoms. The summed E-state index contributed by atoms with van der Waals surface area (Å²) in [4.78, 5) is 21.1. The Balaban J connectivity index is 1.81. The van der Waals surface area contributed by atoms with Gasteiger partial charge in [0.15, 0.2) is 0 Å². The standard InChI is InChI=1S/C27H23N3O5/c1-35-22-10-8-20(9-11-22)24-14-13-23(21-15-17-27(18-16-21,29(31)32)30(33)34)25(26(24)28)12-7-19-5-3-2-4-6-19/h2-17H,18,28H2,1H3. The van der Waals surface area contributed by atoms with Crippen LogP contribution in [0.3, 0.4) is 0 Å². The Hall–Kier alpha value is -4.72.